The first kappa shape index (κ1) is 15.7. The number of benzene rings is 1. The molecule has 0 amide bonds. The van der Waals surface area contributed by atoms with Crippen molar-refractivity contribution in [2.45, 2.75) is 6.18 Å². The average Bonchev–Trinajstić information content (AvgIpc) is 2.87. The highest BCUT2D eigenvalue weighted by molar-refractivity contribution is 6.31. The molecule has 0 atom stereocenters. The zero-order valence-corrected chi connectivity index (χ0v) is 11.9. The number of imidazole rings is 1. The fourth-order valence-electron chi connectivity index (χ4n) is 1.79. The molecule has 114 valence electrons. The molecule has 1 aromatic carbocycles. The molecule has 0 saturated heterocycles. The Labute approximate surface area is 124 Å². The third kappa shape index (κ3) is 3.68. The Morgan fingerprint density at radius 3 is 2.81 bits per heavy atom. The van der Waals surface area contributed by atoms with Crippen LogP contribution >= 0.6 is 11.6 Å². The van der Waals surface area contributed by atoms with E-state index in [2.05, 4.69) is 10.3 Å². The van der Waals surface area contributed by atoms with Gasteiger partial charge in [-0.15, -0.1) is 0 Å². The minimum absolute atomic E-state index is 0.323. The summed E-state index contributed by atoms with van der Waals surface area (Å²) in [5, 5.41) is 2.65. The SMILES string of the molecule is COCCNc1nccn1-c1ccc(Cl)c(C(F)(F)F)c1. The quantitative estimate of drug-likeness (QED) is 0.856. The molecule has 0 spiro atoms. The molecule has 1 N–H and O–H groups in total. The van der Waals surface area contributed by atoms with Gasteiger partial charge in [0.2, 0.25) is 5.95 Å². The lowest BCUT2D eigenvalue weighted by atomic mass is 10.2. The van der Waals surface area contributed by atoms with Crippen molar-refractivity contribution < 1.29 is 17.9 Å². The van der Waals surface area contributed by atoms with E-state index in [-0.39, 0.29) is 5.02 Å². The van der Waals surface area contributed by atoms with Crippen LogP contribution in [0.5, 0.6) is 0 Å². The molecule has 0 aliphatic rings. The lowest BCUT2D eigenvalue weighted by Crippen LogP contribution is -2.12. The second kappa shape index (κ2) is 6.36. The summed E-state index contributed by atoms with van der Waals surface area (Å²) in [6.45, 7) is 0.953. The summed E-state index contributed by atoms with van der Waals surface area (Å²) < 4.78 is 45.0. The van der Waals surface area contributed by atoms with Crippen LogP contribution in [0, 0.1) is 0 Å². The fourth-order valence-corrected chi connectivity index (χ4v) is 2.01. The average molecular weight is 320 g/mol. The molecule has 4 nitrogen and oxygen atoms in total. The summed E-state index contributed by atoms with van der Waals surface area (Å²) in [5.74, 6) is 0.433. The maximum atomic E-state index is 12.9. The summed E-state index contributed by atoms with van der Waals surface area (Å²) in [6, 6.07) is 3.71. The molecule has 0 radical (unpaired) electrons. The van der Waals surface area contributed by atoms with E-state index < -0.39 is 11.7 Å². The van der Waals surface area contributed by atoms with Crippen molar-refractivity contribution in [1.29, 1.82) is 0 Å². The van der Waals surface area contributed by atoms with Gasteiger partial charge in [-0.1, -0.05) is 11.6 Å². The van der Waals surface area contributed by atoms with Gasteiger partial charge in [0.1, 0.15) is 0 Å². The monoisotopic (exact) mass is 319 g/mol. The maximum Gasteiger partial charge on any atom is 0.417 e. The van der Waals surface area contributed by atoms with Crippen molar-refractivity contribution in [3.8, 4) is 5.69 Å². The Bertz CT molecular complexity index is 613. The fraction of sp³-hybridized carbons (Fsp3) is 0.308. The molecule has 1 heterocycles. The number of hydrogen-bond acceptors (Lipinski definition) is 3. The van der Waals surface area contributed by atoms with E-state index in [0.717, 1.165) is 6.07 Å². The van der Waals surface area contributed by atoms with Crippen LogP contribution in [-0.2, 0) is 10.9 Å². The number of alkyl halides is 3. The van der Waals surface area contributed by atoms with Crippen LogP contribution in [0.25, 0.3) is 5.69 Å². The van der Waals surface area contributed by atoms with Gasteiger partial charge in [0.25, 0.3) is 0 Å². The van der Waals surface area contributed by atoms with Crippen molar-refractivity contribution in [3.63, 3.8) is 0 Å². The van der Waals surface area contributed by atoms with Gasteiger partial charge in [-0.05, 0) is 18.2 Å². The van der Waals surface area contributed by atoms with Gasteiger partial charge in [0.05, 0.1) is 17.2 Å². The van der Waals surface area contributed by atoms with Crippen LogP contribution in [0.1, 0.15) is 5.56 Å². The Balaban J connectivity index is 2.33. The van der Waals surface area contributed by atoms with Gasteiger partial charge in [-0.3, -0.25) is 4.57 Å². The zero-order chi connectivity index (χ0) is 15.5. The standard InChI is InChI=1S/C13H13ClF3N3O/c1-21-7-5-19-12-18-4-6-20(12)9-2-3-11(14)10(8-9)13(15,16)17/h2-4,6,8H,5,7H2,1H3,(H,18,19). The summed E-state index contributed by atoms with van der Waals surface area (Å²) in [6.07, 6.45) is -1.44. The molecular formula is C13H13ClF3N3O. The highest BCUT2D eigenvalue weighted by Crippen LogP contribution is 2.36. The number of ether oxygens (including phenoxy) is 1. The topological polar surface area (TPSA) is 39.1 Å². The predicted molar refractivity (Wildman–Crippen MR) is 73.9 cm³/mol. The number of rotatable bonds is 5. The molecule has 0 aliphatic heterocycles. The van der Waals surface area contributed by atoms with E-state index in [1.165, 1.54) is 22.9 Å². The molecular weight excluding hydrogens is 307 g/mol. The Morgan fingerprint density at radius 1 is 1.38 bits per heavy atom. The van der Waals surface area contributed by atoms with Crippen molar-refractivity contribution >= 4 is 17.5 Å². The van der Waals surface area contributed by atoms with Crippen molar-refractivity contribution in [1.82, 2.24) is 9.55 Å². The highest BCUT2D eigenvalue weighted by atomic mass is 35.5. The number of anilines is 1. The molecule has 2 rings (SSSR count). The Morgan fingerprint density at radius 2 is 2.14 bits per heavy atom. The lowest BCUT2D eigenvalue weighted by molar-refractivity contribution is -0.137. The first-order valence-corrected chi connectivity index (χ1v) is 6.44. The van der Waals surface area contributed by atoms with Gasteiger partial charge in [-0.2, -0.15) is 13.2 Å². The molecule has 21 heavy (non-hydrogen) atoms. The summed E-state index contributed by atoms with van der Waals surface area (Å²) in [5.41, 5.74) is -0.553. The van der Waals surface area contributed by atoms with Crippen LogP contribution in [0.15, 0.2) is 30.6 Å². The largest absolute Gasteiger partial charge is 0.417 e. The van der Waals surface area contributed by atoms with E-state index in [4.69, 9.17) is 16.3 Å². The number of nitrogens with one attached hydrogen (secondary N) is 1. The minimum atomic E-state index is -4.50. The number of aromatic nitrogens is 2. The van der Waals surface area contributed by atoms with Crippen LogP contribution in [0.3, 0.4) is 0 Å². The summed E-state index contributed by atoms with van der Waals surface area (Å²) >= 11 is 5.61. The number of hydrogen-bond donors (Lipinski definition) is 1. The molecule has 0 unspecified atom stereocenters. The second-order valence-corrected chi connectivity index (χ2v) is 4.61. The first-order chi connectivity index (χ1) is 9.93. The number of methoxy groups -OCH3 is 1. The molecule has 1 aromatic heterocycles. The van der Waals surface area contributed by atoms with E-state index in [9.17, 15) is 13.2 Å². The smallest absolute Gasteiger partial charge is 0.383 e. The molecule has 8 heteroatoms. The third-order valence-electron chi connectivity index (χ3n) is 2.76. The number of halogens is 4. The van der Waals surface area contributed by atoms with Crippen LogP contribution in [-0.4, -0.2) is 29.8 Å². The Kier molecular flexibility index (Phi) is 4.74. The van der Waals surface area contributed by atoms with Crippen LogP contribution < -0.4 is 5.32 Å². The van der Waals surface area contributed by atoms with Gasteiger partial charge >= 0.3 is 6.18 Å². The van der Waals surface area contributed by atoms with Gasteiger partial charge in [0.15, 0.2) is 0 Å². The second-order valence-electron chi connectivity index (χ2n) is 4.20. The predicted octanol–water partition coefficient (Wildman–Crippen LogP) is 3.60. The lowest BCUT2D eigenvalue weighted by Gasteiger charge is -2.13. The Hall–Kier alpha value is -1.73. The van der Waals surface area contributed by atoms with Gasteiger partial charge in [-0.25, -0.2) is 4.98 Å². The van der Waals surface area contributed by atoms with Gasteiger partial charge < -0.3 is 10.1 Å². The molecule has 0 aliphatic carbocycles. The molecule has 0 fully saturated rings. The molecule has 0 saturated carbocycles. The van der Waals surface area contributed by atoms with Crippen molar-refractivity contribution in [2.75, 3.05) is 25.6 Å². The highest BCUT2D eigenvalue weighted by Gasteiger charge is 2.33. The number of nitrogens with zero attached hydrogens (tertiary/aromatic N) is 2. The maximum absolute atomic E-state index is 12.9. The van der Waals surface area contributed by atoms with Crippen LogP contribution in [0.2, 0.25) is 5.02 Å². The molecule has 2 aromatic rings. The van der Waals surface area contributed by atoms with Crippen molar-refractivity contribution in [2.24, 2.45) is 0 Å². The summed E-state index contributed by atoms with van der Waals surface area (Å²) in [4.78, 5) is 4.06. The zero-order valence-electron chi connectivity index (χ0n) is 11.1. The van der Waals surface area contributed by atoms with E-state index in [0.29, 0.717) is 24.8 Å². The van der Waals surface area contributed by atoms with Crippen molar-refractivity contribution in [3.05, 3.63) is 41.2 Å². The first-order valence-electron chi connectivity index (χ1n) is 6.06. The minimum Gasteiger partial charge on any atom is -0.383 e. The van der Waals surface area contributed by atoms with E-state index in [1.807, 2.05) is 0 Å². The normalized spacial score (nSPS) is 11.7. The van der Waals surface area contributed by atoms with E-state index >= 15 is 0 Å². The van der Waals surface area contributed by atoms with Gasteiger partial charge in [0, 0.05) is 31.7 Å². The summed E-state index contributed by atoms with van der Waals surface area (Å²) in [7, 11) is 1.56. The van der Waals surface area contributed by atoms with Crippen LogP contribution in [0.4, 0.5) is 19.1 Å². The van der Waals surface area contributed by atoms with E-state index in [1.54, 1.807) is 13.3 Å². The third-order valence-corrected chi connectivity index (χ3v) is 3.09. The molecule has 0 bridgehead atoms.